The van der Waals surface area contributed by atoms with Crippen LogP contribution in [0.2, 0.25) is 5.02 Å². The number of phosphoric ester groups is 1. The molecule has 0 amide bonds. The van der Waals surface area contributed by atoms with E-state index in [1.807, 2.05) is 6.07 Å². The van der Waals surface area contributed by atoms with Crippen LogP contribution >= 0.6 is 19.4 Å². The standard InChI is InChI=1S/C32H46ClFNO5P/c1-3-4-5-6-7-8-9-10-11-12-13-14-15-18-30(38-25-28-21-27(24-35)22-29(34)23-28)26-39-41(36,37-2)40-32-20-17-16-19-31(32)33/h16-17,19-23,30H,3-15,18,25-26H2,1-2H3/t30-,41?/m1/s1. The molecule has 0 bridgehead atoms. The van der Waals surface area contributed by atoms with Crippen molar-refractivity contribution in [2.24, 2.45) is 0 Å². The van der Waals surface area contributed by atoms with Gasteiger partial charge in [0.05, 0.1) is 36.0 Å². The minimum Gasteiger partial charge on any atom is -0.402 e. The number of rotatable bonds is 23. The Morgan fingerprint density at radius 3 is 2.12 bits per heavy atom. The van der Waals surface area contributed by atoms with Crippen LogP contribution in [0, 0.1) is 17.1 Å². The number of unbranched alkanes of at least 4 members (excludes halogenated alkanes) is 12. The number of para-hydroxylation sites is 1. The second kappa shape index (κ2) is 20.9. The van der Waals surface area contributed by atoms with Crippen LogP contribution in [0.25, 0.3) is 0 Å². The zero-order valence-electron chi connectivity index (χ0n) is 24.6. The third-order valence-electron chi connectivity index (χ3n) is 6.89. The van der Waals surface area contributed by atoms with Crippen molar-refractivity contribution < 1.29 is 27.3 Å². The fraction of sp³-hybridized carbons (Fsp3) is 0.594. The van der Waals surface area contributed by atoms with E-state index in [1.54, 1.807) is 30.3 Å². The molecule has 1 unspecified atom stereocenters. The Morgan fingerprint density at radius 1 is 0.927 bits per heavy atom. The van der Waals surface area contributed by atoms with Crippen molar-refractivity contribution in [2.45, 2.75) is 110 Å². The molecule has 2 aromatic carbocycles. The second-order valence-corrected chi connectivity index (χ2v) is 12.5. The van der Waals surface area contributed by atoms with E-state index in [0.717, 1.165) is 19.3 Å². The van der Waals surface area contributed by atoms with E-state index in [2.05, 4.69) is 6.92 Å². The molecule has 0 aliphatic rings. The predicted molar refractivity (Wildman–Crippen MR) is 163 cm³/mol. The van der Waals surface area contributed by atoms with Crippen molar-refractivity contribution >= 4 is 19.4 Å². The molecular formula is C32H46ClFNO5P. The molecule has 0 aliphatic heterocycles. The van der Waals surface area contributed by atoms with Gasteiger partial charge in [-0.25, -0.2) is 8.96 Å². The summed E-state index contributed by atoms with van der Waals surface area (Å²) in [6, 6.07) is 12.7. The zero-order chi connectivity index (χ0) is 29.8. The summed E-state index contributed by atoms with van der Waals surface area (Å²) in [7, 11) is -2.71. The first-order valence-corrected chi connectivity index (χ1v) is 16.8. The van der Waals surface area contributed by atoms with Crippen molar-refractivity contribution in [3.05, 3.63) is 64.4 Å². The molecule has 0 aliphatic carbocycles. The average molecular weight is 610 g/mol. The van der Waals surface area contributed by atoms with E-state index in [-0.39, 0.29) is 29.5 Å². The second-order valence-electron chi connectivity index (χ2n) is 10.4. The highest BCUT2D eigenvalue weighted by molar-refractivity contribution is 7.48. The Kier molecular flexibility index (Phi) is 17.9. The maximum Gasteiger partial charge on any atom is 0.529 e. The summed E-state index contributed by atoms with van der Waals surface area (Å²) in [6.07, 6.45) is 16.5. The lowest BCUT2D eigenvalue weighted by molar-refractivity contribution is -0.00443. The highest BCUT2D eigenvalue weighted by atomic mass is 35.5. The number of nitriles is 1. The Bertz CT molecular complexity index is 1100. The van der Waals surface area contributed by atoms with Gasteiger partial charge in [0.2, 0.25) is 0 Å². The van der Waals surface area contributed by atoms with Crippen LogP contribution in [0.3, 0.4) is 0 Å². The molecule has 2 rings (SSSR count). The van der Waals surface area contributed by atoms with Crippen LogP contribution in [0.15, 0.2) is 42.5 Å². The summed E-state index contributed by atoms with van der Waals surface area (Å²) in [5.74, 6) is -0.305. The molecule has 228 valence electrons. The molecule has 6 nitrogen and oxygen atoms in total. The van der Waals surface area contributed by atoms with E-state index >= 15 is 0 Å². The van der Waals surface area contributed by atoms with E-state index in [1.165, 1.54) is 83.5 Å². The molecule has 41 heavy (non-hydrogen) atoms. The lowest BCUT2D eigenvalue weighted by atomic mass is 10.0. The molecule has 0 N–H and O–H groups in total. The molecule has 9 heteroatoms. The molecule has 0 fully saturated rings. The van der Waals surface area contributed by atoms with Crippen LogP contribution in [-0.2, 0) is 25.0 Å². The number of phosphoric acid groups is 1. The lowest BCUT2D eigenvalue weighted by Crippen LogP contribution is -2.20. The van der Waals surface area contributed by atoms with Gasteiger partial charge in [0, 0.05) is 7.11 Å². The summed E-state index contributed by atoms with van der Waals surface area (Å²) < 4.78 is 49.3. The summed E-state index contributed by atoms with van der Waals surface area (Å²) >= 11 is 6.14. The number of halogens is 2. The third kappa shape index (κ3) is 15.2. The Morgan fingerprint density at radius 2 is 1.54 bits per heavy atom. The highest BCUT2D eigenvalue weighted by Gasteiger charge is 2.29. The zero-order valence-corrected chi connectivity index (χ0v) is 26.3. The van der Waals surface area contributed by atoms with Gasteiger partial charge in [-0.1, -0.05) is 114 Å². The Hall–Kier alpha value is -1.94. The summed E-state index contributed by atoms with van der Waals surface area (Å²) in [4.78, 5) is 0. The van der Waals surface area contributed by atoms with Gasteiger partial charge in [-0.3, -0.25) is 9.05 Å². The first-order chi connectivity index (χ1) is 19.9. The molecule has 0 aromatic heterocycles. The highest BCUT2D eigenvalue weighted by Crippen LogP contribution is 2.50. The molecule has 0 saturated carbocycles. The monoisotopic (exact) mass is 609 g/mol. The number of ether oxygens (including phenoxy) is 1. The largest absolute Gasteiger partial charge is 0.529 e. The molecule has 0 spiro atoms. The topological polar surface area (TPSA) is 77.8 Å². The summed E-state index contributed by atoms with van der Waals surface area (Å²) in [5.41, 5.74) is 0.768. The van der Waals surface area contributed by atoms with Crippen molar-refractivity contribution in [1.29, 1.82) is 5.26 Å². The van der Waals surface area contributed by atoms with Gasteiger partial charge in [-0.2, -0.15) is 5.26 Å². The van der Waals surface area contributed by atoms with Crippen molar-refractivity contribution in [3.8, 4) is 11.8 Å². The van der Waals surface area contributed by atoms with Gasteiger partial charge in [0.15, 0.2) is 0 Å². The van der Waals surface area contributed by atoms with Crippen LogP contribution in [0.5, 0.6) is 5.75 Å². The molecule has 2 aromatic rings. The minimum absolute atomic E-state index is 0.0474. The molecular weight excluding hydrogens is 564 g/mol. The van der Waals surface area contributed by atoms with Crippen molar-refractivity contribution in [3.63, 3.8) is 0 Å². The van der Waals surface area contributed by atoms with Crippen LogP contribution in [0.4, 0.5) is 4.39 Å². The van der Waals surface area contributed by atoms with Crippen LogP contribution < -0.4 is 4.52 Å². The fourth-order valence-electron chi connectivity index (χ4n) is 4.55. The minimum atomic E-state index is -3.96. The number of nitrogens with zero attached hydrogens (tertiary/aromatic N) is 1. The first kappa shape index (κ1) is 35.3. The van der Waals surface area contributed by atoms with E-state index in [9.17, 15) is 8.96 Å². The van der Waals surface area contributed by atoms with Crippen molar-refractivity contribution in [2.75, 3.05) is 13.7 Å². The fourth-order valence-corrected chi connectivity index (χ4v) is 5.76. The number of hydrogen-bond donors (Lipinski definition) is 0. The molecule has 0 radical (unpaired) electrons. The average Bonchev–Trinajstić information content (AvgIpc) is 2.97. The van der Waals surface area contributed by atoms with Gasteiger partial charge in [0.1, 0.15) is 11.6 Å². The third-order valence-corrected chi connectivity index (χ3v) is 8.54. The quantitative estimate of drug-likeness (QED) is 0.0921. The SMILES string of the molecule is CCCCCCCCCCCCCCC[C@H](COP(=O)(OC)Oc1ccccc1Cl)OCc1cc(F)cc(C#N)c1. The molecule has 0 heterocycles. The lowest BCUT2D eigenvalue weighted by Gasteiger charge is -2.22. The maximum absolute atomic E-state index is 13.9. The van der Waals surface area contributed by atoms with Gasteiger partial charge in [-0.15, -0.1) is 0 Å². The van der Waals surface area contributed by atoms with Crippen LogP contribution in [0.1, 0.15) is 108 Å². The van der Waals surface area contributed by atoms with Gasteiger partial charge in [-0.05, 0) is 42.3 Å². The summed E-state index contributed by atoms with van der Waals surface area (Å²) in [5, 5.41) is 9.43. The summed E-state index contributed by atoms with van der Waals surface area (Å²) in [6.45, 7) is 2.29. The van der Waals surface area contributed by atoms with Crippen LogP contribution in [-0.4, -0.2) is 19.8 Å². The van der Waals surface area contributed by atoms with Crippen molar-refractivity contribution in [1.82, 2.24) is 0 Å². The molecule has 0 saturated heterocycles. The van der Waals surface area contributed by atoms with E-state index < -0.39 is 19.7 Å². The normalized spacial score (nSPS) is 13.4. The maximum atomic E-state index is 13.9. The Labute approximate surface area is 251 Å². The van der Waals surface area contributed by atoms with E-state index in [4.69, 9.17) is 35.2 Å². The predicted octanol–water partition coefficient (Wildman–Crippen LogP) is 10.6. The smallest absolute Gasteiger partial charge is 0.402 e. The van der Waals surface area contributed by atoms with Gasteiger partial charge in [0.25, 0.3) is 0 Å². The number of benzene rings is 2. The van der Waals surface area contributed by atoms with E-state index in [0.29, 0.717) is 12.0 Å². The Balaban J connectivity index is 1.82. The number of hydrogen-bond acceptors (Lipinski definition) is 6. The van der Waals surface area contributed by atoms with Gasteiger partial charge < -0.3 is 9.26 Å². The van der Waals surface area contributed by atoms with Gasteiger partial charge >= 0.3 is 7.82 Å². The molecule has 2 atom stereocenters. The first-order valence-electron chi connectivity index (χ1n) is 14.9.